The van der Waals surface area contributed by atoms with Crippen LogP contribution in [-0.2, 0) is 9.53 Å². The molecule has 2 N–H and O–H groups in total. The minimum atomic E-state index is -0.447. The van der Waals surface area contributed by atoms with Crippen LogP contribution in [-0.4, -0.2) is 18.6 Å². The second-order valence-corrected chi connectivity index (χ2v) is 3.76. The Kier molecular flexibility index (Phi) is 10.7. The van der Waals surface area contributed by atoms with Crippen LogP contribution in [0.2, 0.25) is 0 Å². The lowest BCUT2D eigenvalue weighted by Crippen LogP contribution is -2.33. The molecule has 86 valence electrons. The number of esters is 1. The van der Waals surface area contributed by atoms with Gasteiger partial charge in [0.2, 0.25) is 0 Å². The average molecular weight is 224 g/mol. The van der Waals surface area contributed by atoms with Gasteiger partial charge in [0, 0.05) is 0 Å². The smallest absolute Gasteiger partial charge is 0.322 e. The van der Waals surface area contributed by atoms with Crippen molar-refractivity contribution in [3.05, 3.63) is 0 Å². The summed E-state index contributed by atoms with van der Waals surface area (Å²) >= 11 is 0. The minimum Gasteiger partial charge on any atom is -0.465 e. The van der Waals surface area contributed by atoms with E-state index in [0.717, 1.165) is 12.8 Å². The zero-order valence-corrected chi connectivity index (χ0v) is 10.1. The molecule has 0 saturated carbocycles. The van der Waals surface area contributed by atoms with E-state index in [1.807, 2.05) is 13.8 Å². The fourth-order valence-electron chi connectivity index (χ4n) is 1.03. The molecule has 0 bridgehead atoms. The van der Waals surface area contributed by atoms with E-state index in [2.05, 4.69) is 6.92 Å². The van der Waals surface area contributed by atoms with E-state index in [4.69, 9.17) is 10.5 Å². The highest BCUT2D eigenvalue weighted by Gasteiger charge is 2.15. The van der Waals surface area contributed by atoms with Crippen LogP contribution in [0.25, 0.3) is 0 Å². The summed E-state index contributed by atoms with van der Waals surface area (Å²) in [4.78, 5) is 11.2. The molecule has 1 atom stereocenters. The molecular weight excluding hydrogens is 202 g/mol. The number of nitrogens with two attached hydrogens (primary N) is 1. The van der Waals surface area contributed by atoms with Gasteiger partial charge in [-0.25, -0.2) is 0 Å². The first-order chi connectivity index (χ1) is 6.07. The normalized spacial score (nSPS) is 12.1. The topological polar surface area (TPSA) is 52.3 Å². The molecule has 0 aliphatic heterocycles. The lowest BCUT2D eigenvalue weighted by atomic mass is 10.1. The summed E-state index contributed by atoms with van der Waals surface area (Å²) in [5.41, 5.74) is 5.63. The number of rotatable bonds is 6. The fourth-order valence-corrected chi connectivity index (χ4v) is 1.03. The molecule has 3 nitrogen and oxygen atoms in total. The highest BCUT2D eigenvalue weighted by Crippen LogP contribution is 2.04. The molecule has 0 aliphatic carbocycles. The Bertz CT molecular complexity index is 151. The van der Waals surface area contributed by atoms with Gasteiger partial charge >= 0.3 is 5.97 Å². The van der Waals surface area contributed by atoms with E-state index in [-0.39, 0.29) is 18.4 Å². The molecule has 0 aromatic rings. The third-order valence-electron chi connectivity index (χ3n) is 1.77. The lowest BCUT2D eigenvalue weighted by molar-refractivity contribution is -0.145. The van der Waals surface area contributed by atoms with Gasteiger partial charge < -0.3 is 10.5 Å². The molecule has 0 aromatic heterocycles. The van der Waals surface area contributed by atoms with Crippen LogP contribution in [0.3, 0.4) is 0 Å². The van der Waals surface area contributed by atoms with Crippen molar-refractivity contribution in [1.82, 2.24) is 0 Å². The number of hydrogen-bond acceptors (Lipinski definition) is 3. The molecule has 0 aromatic carbocycles. The molecule has 0 rings (SSSR count). The Labute approximate surface area is 92.8 Å². The summed E-state index contributed by atoms with van der Waals surface area (Å²) < 4.78 is 4.98. The minimum absolute atomic E-state index is 0. The Morgan fingerprint density at radius 2 is 2.00 bits per heavy atom. The molecule has 1 unspecified atom stereocenters. The van der Waals surface area contributed by atoms with Crippen LogP contribution in [0.5, 0.6) is 0 Å². The predicted octanol–water partition coefficient (Wildman–Crippen LogP) is 2.12. The molecular formula is C10H22ClNO2. The van der Waals surface area contributed by atoms with Gasteiger partial charge in [0.15, 0.2) is 0 Å². The van der Waals surface area contributed by atoms with Crippen LogP contribution >= 0.6 is 12.4 Å². The van der Waals surface area contributed by atoms with Gasteiger partial charge in [-0.1, -0.05) is 27.2 Å². The number of carbonyl (C=O) groups excluding carboxylic acids is 1. The van der Waals surface area contributed by atoms with Crippen LogP contribution in [0.4, 0.5) is 0 Å². The predicted molar refractivity (Wildman–Crippen MR) is 60.5 cm³/mol. The number of ether oxygens (including phenoxy) is 1. The summed E-state index contributed by atoms with van der Waals surface area (Å²) in [6.07, 6.45) is 2.65. The van der Waals surface area contributed by atoms with E-state index in [9.17, 15) is 4.79 Å². The third-order valence-corrected chi connectivity index (χ3v) is 1.77. The molecule has 0 saturated heterocycles. The Hall–Kier alpha value is -0.280. The van der Waals surface area contributed by atoms with Gasteiger partial charge in [0.05, 0.1) is 6.61 Å². The zero-order chi connectivity index (χ0) is 10.3. The summed E-state index contributed by atoms with van der Waals surface area (Å²) in [5.74, 6) is 0.177. The van der Waals surface area contributed by atoms with Crippen molar-refractivity contribution in [2.75, 3.05) is 6.61 Å². The van der Waals surface area contributed by atoms with Gasteiger partial charge in [-0.05, 0) is 18.8 Å². The van der Waals surface area contributed by atoms with Gasteiger partial charge in [-0.3, -0.25) is 4.79 Å². The van der Waals surface area contributed by atoms with E-state index in [1.54, 1.807) is 0 Å². The summed E-state index contributed by atoms with van der Waals surface area (Å²) in [7, 11) is 0. The van der Waals surface area contributed by atoms with Crippen LogP contribution in [0, 0.1) is 5.92 Å². The van der Waals surface area contributed by atoms with Crippen LogP contribution in [0.1, 0.15) is 40.0 Å². The van der Waals surface area contributed by atoms with Crippen LogP contribution in [0.15, 0.2) is 0 Å². The average Bonchev–Trinajstić information content (AvgIpc) is 2.03. The van der Waals surface area contributed by atoms with Crippen molar-refractivity contribution in [2.24, 2.45) is 11.7 Å². The second-order valence-electron chi connectivity index (χ2n) is 3.76. The molecule has 14 heavy (non-hydrogen) atoms. The quantitative estimate of drug-likeness (QED) is 0.555. The number of hydrogen-bond donors (Lipinski definition) is 1. The van der Waals surface area contributed by atoms with Gasteiger partial charge in [-0.15, -0.1) is 12.4 Å². The van der Waals surface area contributed by atoms with Crippen molar-refractivity contribution in [3.8, 4) is 0 Å². The van der Waals surface area contributed by atoms with Gasteiger partial charge in [-0.2, -0.15) is 0 Å². The van der Waals surface area contributed by atoms with Crippen molar-refractivity contribution in [3.63, 3.8) is 0 Å². The summed E-state index contributed by atoms with van der Waals surface area (Å²) in [5, 5.41) is 0. The Morgan fingerprint density at radius 1 is 1.43 bits per heavy atom. The fraction of sp³-hybridized carbons (Fsp3) is 0.900. The second kappa shape index (κ2) is 9.28. The molecule has 0 radical (unpaired) electrons. The molecule has 0 amide bonds. The highest BCUT2D eigenvalue weighted by atomic mass is 35.5. The first kappa shape index (κ1) is 16.2. The third kappa shape index (κ3) is 8.32. The highest BCUT2D eigenvalue weighted by molar-refractivity contribution is 5.85. The number of halogens is 1. The van der Waals surface area contributed by atoms with E-state index >= 15 is 0 Å². The maximum atomic E-state index is 11.2. The summed E-state index contributed by atoms with van der Waals surface area (Å²) in [6.45, 7) is 6.64. The number of carbonyl (C=O) groups is 1. The lowest BCUT2D eigenvalue weighted by Gasteiger charge is -2.12. The maximum absolute atomic E-state index is 11.2. The van der Waals surface area contributed by atoms with Crippen molar-refractivity contribution in [1.29, 1.82) is 0 Å². The van der Waals surface area contributed by atoms with E-state index in [1.165, 1.54) is 0 Å². The molecule has 0 fully saturated rings. The molecule has 0 heterocycles. The SMILES string of the molecule is CCCCOC(=O)C(N)CC(C)C.Cl. The van der Waals surface area contributed by atoms with Gasteiger partial charge in [0.1, 0.15) is 6.04 Å². The van der Waals surface area contributed by atoms with Crippen molar-refractivity contribution in [2.45, 2.75) is 46.1 Å². The van der Waals surface area contributed by atoms with Crippen LogP contribution < -0.4 is 5.73 Å². The first-order valence-corrected chi connectivity index (χ1v) is 5.00. The summed E-state index contributed by atoms with van der Waals surface area (Å²) in [6, 6.07) is -0.447. The molecule has 0 spiro atoms. The number of unbranched alkanes of at least 4 members (excludes halogenated alkanes) is 1. The zero-order valence-electron chi connectivity index (χ0n) is 9.29. The standard InChI is InChI=1S/C10H21NO2.ClH/c1-4-5-6-13-10(12)9(11)7-8(2)3;/h8-9H,4-7,11H2,1-3H3;1H. The Morgan fingerprint density at radius 3 is 2.43 bits per heavy atom. The largest absolute Gasteiger partial charge is 0.465 e. The van der Waals surface area contributed by atoms with E-state index < -0.39 is 6.04 Å². The van der Waals surface area contributed by atoms with Crippen molar-refractivity contribution >= 4 is 18.4 Å². The van der Waals surface area contributed by atoms with Gasteiger partial charge in [0.25, 0.3) is 0 Å². The maximum Gasteiger partial charge on any atom is 0.322 e. The first-order valence-electron chi connectivity index (χ1n) is 5.00. The van der Waals surface area contributed by atoms with Crippen molar-refractivity contribution < 1.29 is 9.53 Å². The Balaban J connectivity index is 0. The molecule has 0 aliphatic rings. The monoisotopic (exact) mass is 223 g/mol. The van der Waals surface area contributed by atoms with E-state index in [0.29, 0.717) is 18.9 Å². The molecule has 4 heteroatoms.